The summed E-state index contributed by atoms with van der Waals surface area (Å²) in [4.78, 5) is 18.0. The van der Waals surface area contributed by atoms with Gasteiger partial charge in [0.1, 0.15) is 5.82 Å². The predicted octanol–water partition coefficient (Wildman–Crippen LogP) is 3.09. The highest BCUT2D eigenvalue weighted by atomic mass is 19.4. The molecular formula is C16H14F4N2O2. The summed E-state index contributed by atoms with van der Waals surface area (Å²) >= 11 is 0. The van der Waals surface area contributed by atoms with Gasteiger partial charge in [0, 0.05) is 23.7 Å². The van der Waals surface area contributed by atoms with Crippen molar-refractivity contribution in [1.82, 2.24) is 9.88 Å². The average molecular weight is 342 g/mol. The number of hydrogen-bond donors (Lipinski definition) is 0. The van der Waals surface area contributed by atoms with Gasteiger partial charge in [0.2, 0.25) is 0 Å². The number of ether oxygens (including phenoxy) is 1. The van der Waals surface area contributed by atoms with E-state index in [9.17, 15) is 22.4 Å². The van der Waals surface area contributed by atoms with E-state index < -0.39 is 30.5 Å². The van der Waals surface area contributed by atoms with Gasteiger partial charge < -0.3 is 9.64 Å². The Labute approximate surface area is 135 Å². The lowest BCUT2D eigenvalue weighted by Crippen LogP contribution is -2.51. The number of aromatic nitrogens is 1. The molecule has 1 fully saturated rings. The standard InChI is InChI=1S/C16H14F4N2O2/c1-9-6-12(11-3-2-10(17)7-13(11)21-9)15(23)22-4-5-24-14(8-22)16(18,19)20/h2-3,6-7,14H,4-5,8H2,1H3/t14-/m1/s1. The number of benzene rings is 1. The summed E-state index contributed by atoms with van der Waals surface area (Å²) in [5.74, 6) is -1.04. The van der Waals surface area contributed by atoms with E-state index >= 15 is 0 Å². The number of alkyl halides is 3. The van der Waals surface area contributed by atoms with E-state index in [1.54, 1.807) is 6.92 Å². The second-order valence-electron chi connectivity index (χ2n) is 5.62. The molecule has 8 heteroatoms. The Morgan fingerprint density at radius 2 is 2.08 bits per heavy atom. The smallest absolute Gasteiger partial charge is 0.365 e. The molecular weight excluding hydrogens is 328 g/mol. The zero-order chi connectivity index (χ0) is 17.5. The van der Waals surface area contributed by atoms with Crippen LogP contribution in [-0.4, -0.2) is 47.8 Å². The van der Waals surface area contributed by atoms with E-state index in [0.717, 1.165) is 4.90 Å². The fourth-order valence-electron chi connectivity index (χ4n) is 2.71. The van der Waals surface area contributed by atoms with Gasteiger partial charge in [0.15, 0.2) is 6.10 Å². The van der Waals surface area contributed by atoms with Gasteiger partial charge in [-0.2, -0.15) is 13.2 Å². The third-order valence-electron chi connectivity index (χ3n) is 3.85. The van der Waals surface area contributed by atoms with Crippen molar-refractivity contribution in [3.63, 3.8) is 0 Å². The molecule has 1 atom stereocenters. The number of halogens is 4. The van der Waals surface area contributed by atoms with Crippen LogP contribution in [0.2, 0.25) is 0 Å². The number of carbonyl (C=O) groups excluding carboxylic acids is 1. The molecule has 1 aliphatic rings. The third kappa shape index (κ3) is 3.19. The minimum absolute atomic E-state index is 0.0650. The number of nitrogens with zero attached hydrogens (tertiary/aromatic N) is 2. The molecule has 0 spiro atoms. The van der Waals surface area contributed by atoms with E-state index in [4.69, 9.17) is 4.74 Å². The quantitative estimate of drug-likeness (QED) is 0.748. The van der Waals surface area contributed by atoms with Crippen molar-refractivity contribution in [2.75, 3.05) is 19.7 Å². The van der Waals surface area contributed by atoms with Crippen LogP contribution in [0.25, 0.3) is 10.9 Å². The topological polar surface area (TPSA) is 42.4 Å². The molecule has 1 saturated heterocycles. The maximum atomic E-state index is 13.4. The lowest BCUT2D eigenvalue weighted by atomic mass is 10.1. The van der Waals surface area contributed by atoms with E-state index in [0.29, 0.717) is 16.6 Å². The largest absolute Gasteiger partial charge is 0.416 e. The van der Waals surface area contributed by atoms with Crippen LogP contribution in [0.4, 0.5) is 17.6 Å². The Hall–Kier alpha value is -2.22. The Morgan fingerprint density at radius 1 is 1.33 bits per heavy atom. The lowest BCUT2D eigenvalue weighted by molar-refractivity contribution is -0.233. The van der Waals surface area contributed by atoms with Crippen molar-refractivity contribution >= 4 is 16.8 Å². The van der Waals surface area contributed by atoms with Gasteiger partial charge in [-0.1, -0.05) is 0 Å². The first-order chi connectivity index (χ1) is 11.3. The number of pyridine rings is 1. The van der Waals surface area contributed by atoms with Crippen LogP contribution in [0.1, 0.15) is 16.1 Å². The predicted molar refractivity (Wildman–Crippen MR) is 78.1 cm³/mol. The molecule has 0 N–H and O–H groups in total. The molecule has 0 aliphatic carbocycles. The molecule has 2 heterocycles. The maximum absolute atomic E-state index is 13.4. The molecule has 1 aromatic carbocycles. The van der Waals surface area contributed by atoms with Gasteiger partial charge in [-0.05, 0) is 25.1 Å². The molecule has 1 aromatic heterocycles. The summed E-state index contributed by atoms with van der Waals surface area (Å²) in [6, 6.07) is 5.29. The van der Waals surface area contributed by atoms with E-state index in [1.165, 1.54) is 24.3 Å². The van der Waals surface area contributed by atoms with Crippen LogP contribution < -0.4 is 0 Å². The van der Waals surface area contributed by atoms with Crippen molar-refractivity contribution in [2.24, 2.45) is 0 Å². The first-order valence-electron chi connectivity index (χ1n) is 7.30. The lowest BCUT2D eigenvalue weighted by Gasteiger charge is -2.34. The summed E-state index contributed by atoms with van der Waals surface area (Å²) in [6.07, 6.45) is -6.53. The van der Waals surface area contributed by atoms with Crippen LogP contribution in [0.3, 0.4) is 0 Å². The summed E-state index contributed by atoms with van der Waals surface area (Å²) in [7, 11) is 0. The summed E-state index contributed by atoms with van der Waals surface area (Å²) in [6.45, 7) is 0.952. The van der Waals surface area contributed by atoms with Crippen LogP contribution in [0, 0.1) is 12.7 Å². The number of rotatable bonds is 1. The van der Waals surface area contributed by atoms with Gasteiger partial charge in [0.25, 0.3) is 5.91 Å². The molecule has 3 rings (SSSR count). The van der Waals surface area contributed by atoms with Gasteiger partial charge >= 0.3 is 6.18 Å². The van der Waals surface area contributed by atoms with Crippen LogP contribution in [0.15, 0.2) is 24.3 Å². The molecule has 1 amide bonds. The maximum Gasteiger partial charge on any atom is 0.416 e. The minimum atomic E-state index is -4.53. The highest BCUT2D eigenvalue weighted by Gasteiger charge is 2.44. The zero-order valence-electron chi connectivity index (χ0n) is 12.7. The Kier molecular flexibility index (Phi) is 4.16. The average Bonchev–Trinajstić information content (AvgIpc) is 2.52. The molecule has 2 aromatic rings. The number of hydrogen-bond acceptors (Lipinski definition) is 3. The van der Waals surface area contributed by atoms with Crippen LogP contribution >= 0.6 is 0 Å². The third-order valence-corrected chi connectivity index (χ3v) is 3.85. The van der Waals surface area contributed by atoms with Crippen molar-refractivity contribution in [2.45, 2.75) is 19.2 Å². The summed E-state index contributed by atoms with van der Waals surface area (Å²) in [5, 5.41) is 0.405. The fraction of sp³-hybridized carbons (Fsp3) is 0.375. The van der Waals surface area contributed by atoms with Crippen molar-refractivity contribution in [3.05, 3.63) is 41.3 Å². The van der Waals surface area contributed by atoms with Gasteiger partial charge in [-0.3, -0.25) is 9.78 Å². The molecule has 1 aliphatic heterocycles. The molecule has 4 nitrogen and oxygen atoms in total. The number of carbonyl (C=O) groups is 1. The monoisotopic (exact) mass is 342 g/mol. The number of fused-ring (bicyclic) bond motifs is 1. The number of aryl methyl sites for hydroxylation is 1. The van der Waals surface area contributed by atoms with Gasteiger partial charge in [0.05, 0.1) is 24.2 Å². The Bertz CT molecular complexity index is 786. The van der Waals surface area contributed by atoms with Crippen molar-refractivity contribution in [1.29, 1.82) is 0 Å². The van der Waals surface area contributed by atoms with E-state index in [2.05, 4.69) is 4.98 Å². The molecule has 24 heavy (non-hydrogen) atoms. The highest BCUT2D eigenvalue weighted by Crippen LogP contribution is 2.27. The number of morpholine rings is 1. The molecule has 128 valence electrons. The van der Waals surface area contributed by atoms with Crippen LogP contribution in [-0.2, 0) is 4.74 Å². The van der Waals surface area contributed by atoms with Crippen LogP contribution in [0.5, 0.6) is 0 Å². The van der Waals surface area contributed by atoms with Crippen molar-refractivity contribution < 1.29 is 27.1 Å². The van der Waals surface area contributed by atoms with E-state index in [1.807, 2.05) is 0 Å². The van der Waals surface area contributed by atoms with Gasteiger partial charge in [-0.15, -0.1) is 0 Å². The molecule has 0 saturated carbocycles. The summed E-state index contributed by atoms with van der Waals surface area (Å²) in [5.41, 5.74) is 0.983. The first-order valence-corrected chi connectivity index (χ1v) is 7.30. The molecule has 0 unspecified atom stereocenters. The number of amides is 1. The Balaban J connectivity index is 1.96. The first kappa shape index (κ1) is 16.6. The highest BCUT2D eigenvalue weighted by molar-refractivity contribution is 6.06. The fourth-order valence-corrected chi connectivity index (χ4v) is 2.71. The van der Waals surface area contributed by atoms with Gasteiger partial charge in [-0.25, -0.2) is 4.39 Å². The normalized spacial score (nSPS) is 18.9. The molecule has 0 bridgehead atoms. The van der Waals surface area contributed by atoms with E-state index in [-0.39, 0.29) is 18.7 Å². The Morgan fingerprint density at radius 3 is 2.79 bits per heavy atom. The van der Waals surface area contributed by atoms with Crippen molar-refractivity contribution in [3.8, 4) is 0 Å². The summed E-state index contributed by atoms with van der Waals surface area (Å²) < 4.78 is 56.5. The SMILES string of the molecule is Cc1cc(C(=O)N2CCO[C@@H](C(F)(F)F)C2)c2ccc(F)cc2n1. The zero-order valence-corrected chi connectivity index (χ0v) is 12.7. The minimum Gasteiger partial charge on any atom is -0.365 e. The second-order valence-corrected chi connectivity index (χ2v) is 5.62. The second kappa shape index (κ2) is 6.01. The molecule has 0 radical (unpaired) electrons.